The predicted octanol–water partition coefficient (Wildman–Crippen LogP) is 2.20. The second-order valence-electron chi connectivity index (χ2n) is 7.13. The standard InChI is InChI=1S/C17H25N3O2S/c1-13-7-16(21-2)18-8-15(13)23-20-11-17(12-20)9-19(10-17)14-3-5-22-6-4-14/h7-8,14H,3-6,9-12H2,1-2H3. The number of likely N-dealkylation sites (tertiary alicyclic amines) is 1. The number of hydrogen-bond acceptors (Lipinski definition) is 6. The Balaban J connectivity index is 1.26. The fourth-order valence-corrected chi connectivity index (χ4v) is 5.21. The van der Waals surface area contributed by atoms with Gasteiger partial charge in [-0.1, -0.05) is 0 Å². The monoisotopic (exact) mass is 335 g/mol. The van der Waals surface area contributed by atoms with Gasteiger partial charge in [0, 0.05) is 68.0 Å². The van der Waals surface area contributed by atoms with Crippen LogP contribution < -0.4 is 4.74 Å². The summed E-state index contributed by atoms with van der Waals surface area (Å²) in [7, 11) is 1.66. The van der Waals surface area contributed by atoms with E-state index in [2.05, 4.69) is 21.1 Å². The lowest BCUT2D eigenvalue weighted by Gasteiger charge is -2.62. The van der Waals surface area contributed by atoms with E-state index in [1.807, 2.05) is 24.2 Å². The Bertz CT molecular complexity index is 563. The highest BCUT2D eigenvalue weighted by atomic mass is 32.2. The van der Waals surface area contributed by atoms with E-state index in [4.69, 9.17) is 9.47 Å². The summed E-state index contributed by atoms with van der Waals surface area (Å²) in [6.07, 6.45) is 4.36. The van der Waals surface area contributed by atoms with E-state index in [0.717, 1.165) is 19.3 Å². The summed E-state index contributed by atoms with van der Waals surface area (Å²) < 4.78 is 13.1. The van der Waals surface area contributed by atoms with Gasteiger partial charge in [0.2, 0.25) is 5.88 Å². The van der Waals surface area contributed by atoms with Gasteiger partial charge in [-0.3, -0.25) is 4.90 Å². The van der Waals surface area contributed by atoms with Crippen molar-refractivity contribution < 1.29 is 9.47 Å². The maximum atomic E-state index is 5.47. The minimum Gasteiger partial charge on any atom is -0.481 e. The molecule has 5 nitrogen and oxygen atoms in total. The Morgan fingerprint density at radius 2 is 2.00 bits per heavy atom. The average Bonchev–Trinajstić information content (AvgIpc) is 2.50. The van der Waals surface area contributed by atoms with Gasteiger partial charge in [-0.25, -0.2) is 9.29 Å². The van der Waals surface area contributed by atoms with Gasteiger partial charge in [0.05, 0.1) is 7.11 Å². The first kappa shape index (κ1) is 15.7. The highest BCUT2D eigenvalue weighted by Crippen LogP contribution is 2.46. The van der Waals surface area contributed by atoms with Crippen molar-refractivity contribution in [3.63, 3.8) is 0 Å². The Kier molecular flexibility index (Phi) is 4.26. The van der Waals surface area contributed by atoms with Crippen molar-refractivity contribution in [1.29, 1.82) is 0 Å². The fraction of sp³-hybridized carbons (Fsp3) is 0.706. The molecule has 0 aliphatic carbocycles. The van der Waals surface area contributed by atoms with E-state index in [0.29, 0.717) is 11.3 Å². The molecule has 3 aliphatic rings. The first-order chi connectivity index (χ1) is 11.2. The topological polar surface area (TPSA) is 37.8 Å². The van der Waals surface area contributed by atoms with E-state index >= 15 is 0 Å². The maximum absolute atomic E-state index is 5.47. The molecule has 0 radical (unpaired) electrons. The van der Waals surface area contributed by atoms with E-state index in [9.17, 15) is 0 Å². The van der Waals surface area contributed by atoms with Gasteiger partial charge in [0.15, 0.2) is 0 Å². The quantitative estimate of drug-likeness (QED) is 0.786. The summed E-state index contributed by atoms with van der Waals surface area (Å²) in [4.78, 5) is 8.23. The van der Waals surface area contributed by atoms with Crippen molar-refractivity contribution in [2.75, 3.05) is 46.5 Å². The number of rotatable bonds is 4. The molecule has 1 spiro atoms. The molecule has 3 saturated heterocycles. The third-order valence-corrected chi connectivity index (χ3v) is 6.42. The summed E-state index contributed by atoms with van der Waals surface area (Å²) in [5, 5.41) is 0. The number of methoxy groups -OCH3 is 1. The van der Waals surface area contributed by atoms with Crippen LogP contribution in [0, 0.1) is 12.3 Å². The molecular formula is C17H25N3O2S. The molecule has 3 fully saturated rings. The van der Waals surface area contributed by atoms with E-state index < -0.39 is 0 Å². The van der Waals surface area contributed by atoms with Crippen LogP contribution >= 0.6 is 11.9 Å². The smallest absolute Gasteiger partial charge is 0.213 e. The highest BCUT2D eigenvalue weighted by Gasteiger charge is 2.53. The van der Waals surface area contributed by atoms with Crippen LogP contribution in [-0.2, 0) is 4.74 Å². The van der Waals surface area contributed by atoms with Crippen LogP contribution in [0.2, 0.25) is 0 Å². The number of aryl methyl sites for hydroxylation is 1. The molecule has 6 heteroatoms. The van der Waals surface area contributed by atoms with E-state index in [-0.39, 0.29) is 0 Å². The summed E-state index contributed by atoms with van der Waals surface area (Å²) in [6.45, 7) is 8.95. The molecule has 0 aromatic carbocycles. The molecule has 4 rings (SSSR count). The van der Waals surface area contributed by atoms with Gasteiger partial charge in [-0.05, 0) is 37.3 Å². The molecule has 0 unspecified atom stereocenters. The molecule has 3 aliphatic heterocycles. The Labute approximate surface area is 142 Å². The van der Waals surface area contributed by atoms with Crippen molar-refractivity contribution >= 4 is 11.9 Å². The van der Waals surface area contributed by atoms with Gasteiger partial charge < -0.3 is 9.47 Å². The number of nitrogens with zero attached hydrogens (tertiary/aromatic N) is 3. The fourth-order valence-electron chi connectivity index (χ4n) is 3.95. The maximum Gasteiger partial charge on any atom is 0.213 e. The molecule has 0 atom stereocenters. The molecule has 0 N–H and O–H groups in total. The number of pyridine rings is 1. The first-order valence-electron chi connectivity index (χ1n) is 8.43. The first-order valence-corrected chi connectivity index (χ1v) is 9.20. The van der Waals surface area contributed by atoms with Crippen molar-refractivity contribution in [3.05, 3.63) is 17.8 Å². The predicted molar refractivity (Wildman–Crippen MR) is 90.8 cm³/mol. The van der Waals surface area contributed by atoms with Crippen LogP contribution in [0.4, 0.5) is 0 Å². The van der Waals surface area contributed by atoms with Crippen LogP contribution in [0.3, 0.4) is 0 Å². The lowest BCUT2D eigenvalue weighted by atomic mass is 9.73. The lowest BCUT2D eigenvalue weighted by molar-refractivity contribution is -0.113. The zero-order chi connectivity index (χ0) is 15.9. The minimum absolute atomic E-state index is 0.555. The summed E-state index contributed by atoms with van der Waals surface area (Å²) in [5.74, 6) is 0.693. The highest BCUT2D eigenvalue weighted by molar-refractivity contribution is 7.97. The van der Waals surface area contributed by atoms with Crippen LogP contribution in [-0.4, -0.2) is 66.7 Å². The van der Waals surface area contributed by atoms with Gasteiger partial charge in [-0.15, -0.1) is 0 Å². The molecule has 126 valence electrons. The van der Waals surface area contributed by atoms with Crippen LogP contribution in [0.25, 0.3) is 0 Å². The number of aromatic nitrogens is 1. The third kappa shape index (κ3) is 3.09. The Hall–Kier alpha value is -0.820. The molecule has 0 saturated carbocycles. The lowest BCUT2D eigenvalue weighted by Crippen LogP contribution is -2.72. The number of hydrogen-bond donors (Lipinski definition) is 0. The molecule has 4 heterocycles. The molecule has 23 heavy (non-hydrogen) atoms. The van der Waals surface area contributed by atoms with Crippen molar-refractivity contribution in [2.24, 2.45) is 5.41 Å². The zero-order valence-corrected chi connectivity index (χ0v) is 14.8. The van der Waals surface area contributed by atoms with Crippen LogP contribution in [0.5, 0.6) is 5.88 Å². The Morgan fingerprint density at radius 1 is 1.26 bits per heavy atom. The van der Waals surface area contributed by atoms with Crippen molar-refractivity contribution in [1.82, 2.24) is 14.2 Å². The van der Waals surface area contributed by atoms with Gasteiger partial charge >= 0.3 is 0 Å². The van der Waals surface area contributed by atoms with E-state index in [1.54, 1.807) is 7.11 Å². The summed E-state index contributed by atoms with van der Waals surface area (Å²) in [5.41, 5.74) is 1.79. The largest absolute Gasteiger partial charge is 0.481 e. The van der Waals surface area contributed by atoms with Gasteiger partial charge in [-0.2, -0.15) is 0 Å². The third-order valence-electron chi connectivity index (χ3n) is 5.28. The molecule has 1 aromatic rings. The minimum atomic E-state index is 0.555. The van der Waals surface area contributed by atoms with Crippen LogP contribution in [0.1, 0.15) is 18.4 Å². The van der Waals surface area contributed by atoms with Crippen molar-refractivity contribution in [3.8, 4) is 5.88 Å². The summed E-state index contributed by atoms with van der Waals surface area (Å²) >= 11 is 1.84. The van der Waals surface area contributed by atoms with Crippen LogP contribution in [0.15, 0.2) is 17.2 Å². The second kappa shape index (κ2) is 6.24. The Morgan fingerprint density at radius 3 is 2.65 bits per heavy atom. The normalized spacial score (nSPS) is 25.1. The molecule has 0 bridgehead atoms. The zero-order valence-electron chi connectivity index (χ0n) is 14.0. The second-order valence-corrected chi connectivity index (χ2v) is 8.27. The molecule has 0 amide bonds. The SMILES string of the molecule is COc1cc(C)c(SN2CC3(C2)CN(C2CCOCC2)C3)cn1. The molecule has 1 aromatic heterocycles. The summed E-state index contributed by atoms with van der Waals surface area (Å²) in [6, 6.07) is 2.78. The van der Waals surface area contributed by atoms with E-state index in [1.165, 1.54) is 49.5 Å². The number of ether oxygens (including phenoxy) is 2. The van der Waals surface area contributed by atoms with Gasteiger partial charge in [0.1, 0.15) is 0 Å². The van der Waals surface area contributed by atoms with Crippen molar-refractivity contribution in [2.45, 2.75) is 30.7 Å². The average molecular weight is 335 g/mol. The van der Waals surface area contributed by atoms with Gasteiger partial charge in [0.25, 0.3) is 0 Å². The molecular weight excluding hydrogens is 310 g/mol.